The molecule has 2 aromatic rings. The largest absolute Gasteiger partial charge is 0.385 e. The van der Waals surface area contributed by atoms with E-state index in [1.807, 2.05) is 26.0 Å². The van der Waals surface area contributed by atoms with Crippen molar-refractivity contribution in [2.75, 3.05) is 11.9 Å². The molecular formula is C17H19FN2O. The number of rotatable bonds is 5. The highest BCUT2D eigenvalue weighted by Gasteiger charge is 2.07. The zero-order chi connectivity index (χ0) is 15.2. The van der Waals surface area contributed by atoms with Crippen LogP contribution in [0.4, 0.5) is 10.1 Å². The Morgan fingerprint density at radius 1 is 1.19 bits per heavy atom. The molecule has 0 heterocycles. The number of benzene rings is 2. The number of anilines is 1. The van der Waals surface area contributed by atoms with Crippen LogP contribution in [0.15, 0.2) is 42.5 Å². The Hall–Kier alpha value is -2.36. The Morgan fingerprint density at radius 3 is 2.67 bits per heavy atom. The van der Waals surface area contributed by atoms with E-state index in [9.17, 15) is 9.18 Å². The normalized spacial score (nSPS) is 10.2. The van der Waals surface area contributed by atoms with Gasteiger partial charge in [-0.05, 0) is 55.3 Å². The topological polar surface area (TPSA) is 41.1 Å². The number of hydrogen-bond donors (Lipinski definition) is 2. The lowest BCUT2D eigenvalue weighted by molar-refractivity contribution is 0.0951. The van der Waals surface area contributed by atoms with Gasteiger partial charge in [0.05, 0.1) is 0 Å². The summed E-state index contributed by atoms with van der Waals surface area (Å²) >= 11 is 0. The highest BCUT2D eigenvalue weighted by molar-refractivity contribution is 5.94. The van der Waals surface area contributed by atoms with Crippen LogP contribution >= 0.6 is 0 Å². The molecule has 0 saturated carbocycles. The van der Waals surface area contributed by atoms with Crippen LogP contribution in [0.5, 0.6) is 0 Å². The molecule has 2 aromatic carbocycles. The van der Waals surface area contributed by atoms with E-state index in [4.69, 9.17) is 0 Å². The van der Waals surface area contributed by atoms with Crippen LogP contribution in [0.2, 0.25) is 0 Å². The molecule has 1 amide bonds. The molecule has 0 saturated heterocycles. The van der Waals surface area contributed by atoms with Crippen molar-refractivity contribution in [1.82, 2.24) is 5.32 Å². The molecule has 0 unspecified atom stereocenters. The van der Waals surface area contributed by atoms with E-state index in [0.717, 1.165) is 23.4 Å². The van der Waals surface area contributed by atoms with E-state index in [2.05, 4.69) is 10.6 Å². The third-order valence-electron chi connectivity index (χ3n) is 3.20. The molecule has 0 aliphatic rings. The molecule has 4 heteroatoms. The monoisotopic (exact) mass is 286 g/mol. The quantitative estimate of drug-likeness (QED) is 0.883. The molecule has 0 aliphatic carbocycles. The van der Waals surface area contributed by atoms with E-state index < -0.39 is 0 Å². The first-order chi connectivity index (χ1) is 10.1. The first-order valence-corrected chi connectivity index (χ1v) is 6.97. The fourth-order valence-corrected chi connectivity index (χ4v) is 2.13. The second-order valence-electron chi connectivity index (χ2n) is 4.87. The molecule has 0 spiro atoms. The minimum Gasteiger partial charge on any atom is -0.385 e. The zero-order valence-corrected chi connectivity index (χ0v) is 12.2. The van der Waals surface area contributed by atoms with Crippen molar-refractivity contribution in [3.8, 4) is 0 Å². The molecule has 21 heavy (non-hydrogen) atoms. The van der Waals surface area contributed by atoms with Crippen molar-refractivity contribution < 1.29 is 9.18 Å². The van der Waals surface area contributed by atoms with Crippen LogP contribution in [-0.4, -0.2) is 12.5 Å². The minimum atomic E-state index is -0.299. The predicted octanol–water partition coefficient (Wildman–Crippen LogP) is 3.50. The SMILES string of the molecule is CCNc1ccc(C(=O)NCc2cccc(F)c2)cc1C. The number of carbonyl (C=O) groups excluding carboxylic acids is 1. The molecular weight excluding hydrogens is 267 g/mol. The summed E-state index contributed by atoms with van der Waals surface area (Å²) in [6.07, 6.45) is 0. The van der Waals surface area contributed by atoms with E-state index in [1.54, 1.807) is 18.2 Å². The van der Waals surface area contributed by atoms with Crippen molar-refractivity contribution in [2.45, 2.75) is 20.4 Å². The molecule has 0 aromatic heterocycles. The van der Waals surface area contributed by atoms with Crippen LogP contribution < -0.4 is 10.6 Å². The third kappa shape index (κ3) is 4.05. The third-order valence-corrected chi connectivity index (χ3v) is 3.20. The fraction of sp³-hybridized carbons (Fsp3) is 0.235. The summed E-state index contributed by atoms with van der Waals surface area (Å²) in [7, 11) is 0. The molecule has 2 rings (SSSR count). The van der Waals surface area contributed by atoms with Gasteiger partial charge in [0, 0.05) is 24.3 Å². The predicted molar refractivity (Wildman–Crippen MR) is 82.9 cm³/mol. The van der Waals surface area contributed by atoms with Gasteiger partial charge in [-0.25, -0.2) is 4.39 Å². The van der Waals surface area contributed by atoms with E-state index in [-0.39, 0.29) is 11.7 Å². The zero-order valence-electron chi connectivity index (χ0n) is 12.2. The van der Waals surface area contributed by atoms with Gasteiger partial charge in [0.2, 0.25) is 0 Å². The smallest absolute Gasteiger partial charge is 0.251 e. The number of halogens is 1. The van der Waals surface area contributed by atoms with Crippen molar-refractivity contribution in [3.63, 3.8) is 0 Å². The molecule has 0 radical (unpaired) electrons. The van der Waals surface area contributed by atoms with Gasteiger partial charge in [0.1, 0.15) is 5.82 Å². The van der Waals surface area contributed by atoms with Gasteiger partial charge in [-0.3, -0.25) is 4.79 Å². The van der Waals surface area contributed by atoms with E-state index >= 15 is 0 Å². The first kappa shape index (κ1) is 15.0. The van der Waals surface area contributed by atoms with Gasteiger partial charge in [-0.1, -0.05) is 12.1 Å². The van der Waals surface area contributed by atoms with Crippen LogP contribution in [0, 0.1) is 12.7 Å². The highest BCUT2D eigenvalue weighted by atomic mass is 19.1. The Labute approximate surface area is 124 Å². The average molecular weight is 286 g/mol. The van der Waals surface area contributed by atoms with Gasteiger partial charge in [0.25, 0.3) is 5.91 Å². The Balaban J connectivity index is 2.02. The average Bonchev–Trinajstić information content (AvgIpc) is 2.47. The van der Waals surface area contributed by atoms with E-state index in [0.29, 0.717) is 12.1 Å². The highest BCUT2D eigenvalue weighted by Crippen LogP contribution is 2.16. The molecule has 3 nitrogen and oxygen atoms in total. The lowest BCUT2D eigenvalue weighted by Gasteiger charge is -2.10. The Morgan fingerprint density at radius 2 is 2.00 bits per heavy atom. The second-order valence-corrected chi connectivity index (χ2v) is 4.87. The second kappa shape index (κ2) is 6.88. The molecule has 0 fully saturated rings. The van der Waals surface area contributed by atoms with Crippen molar-refractivity contribution in [3.05, 3.63) is 65.0 Å². The summed E-state index contributed by atoms with van der Waals surface area (Å²) in [5.74, 6) is -0.460. The molecule has 2 N–H and O–H groups in total. The van der Waals surface area contributed by atoms with Gasteiger partial charge in [-0.15, -0.1) is 0 Å². The minimum absolute atomic E-state index is 0.162. The summed E-state index contributed by atoms with van der Waals surface area (Å²) in [6, 6.07) is 11.7. The molecule has 0 atom stereocenters. The maximum absolute atomic E-state index is 13.1. The van der Waals surface area contributed by atoms with Crippen LogP contribution in [0.25, 0.3) is 0 Å². The summed E-state index contributed by atoms with van der Waals surface area (Å²) in [5.41, 5.74) is 3.39. The summed E-state index contributed by atoms with van der Waals surface area (Å²) in [4.78, 5) is 12.1. The Bertz CT molecular complexity index is 640. The maximum Gasteiger partial charge on any atom is 0.251 e. The first-order valence-electron chi connectivity index (χ1n) is 6.97. The lowest BCUT2D eigenvalue weighted by Crippen LogP contribution is -2.23. The van der Waals surface area contributed by atoms with Crippen molar-refractivity contribution in [2.24, 2.45) is 0 Å². The van der Waals surface area contributed by atoms with Crippen LogP contribution in [0.1, 0.15) is 28.4 Å². The van der Waals surface area contributed by atoms with Gasteiger partial charge in [0.15, 0.2) is 0 Å². The number of hydrogen-bond acceptors (Lipinski definition) is 2. The standard InChI is InChI=1S/C17H19FN2O/c1-3-19-16-8-7-14(9-12(16)2)17(21)20-11-13-5-4-6-15(18)10-13/h4-10,19H,3,11H2,1-2H3,(H,20,21). The summed E-state index contributed by atoms with van der Waals surface area (Å²) < 4.78 is 13.1. The van der Waals surface area contributed by atoms with Crippen LogP contribution in [0.3, 0.4) is 0 Å². The van der Waals surface area contributed by atoms with Crippen LogP contribution in [-0.2, 0) is 6.54 Å². The van der Waals surface area contributed by atoms with Crippen molar-refractivity contribution >= 4 is 11.6 Å². The fourth-order valence-electron chi connectivity index (χ4n) is 2.13. The van der Waals surface area contributed by atoms with Gasteiger partial charge in [-0.2, -0.15) is 0 Å². The number of nitrogens with one attached hydrogen (secondary N) is 2. The number of amides is 1. The number of aryl methyl sites for hydroxylation is 1. The van der Waals surface area contributed by atoms with E-state index in [1.165, 1.54) is 12.1 Å². The summed E-state index contributed by atoms with van der Waals surface area (Å²) in [5, 5.41) is 6.03. The van der Waals surface area contributed by atoms with Gasteiger partial charge < -0.3 is 10.6 Å². The Kier molecular flexibility index (Phi) is 4.93. The van der Waals surface area contributed by atoms with Gasteiger partial charge >= 0.3 is 0 Å². The molecule has 0 aliphatic heterocycles. The summed E-state index contributed by atoms with van der Waals surface area (Å²) in [6.45, 7) is 5.14. The molecule has 110 valence electrons. The molecule has 0 bridgehead atoms. The number of carbonyl (C=O) groups is 1. The maximum atomic E-state index is 13.1. The lowest BCUT2D eigenvalue weighted by atomic mass is 10.1. The van der Waals surface area contributed by atoms with Crippen molar-refractivity contribution in [1.29, 1.82) is 0 Å².